The number of benzene rings is 2. The minimum Gasteiger partial charge on any atom is -0.302 e. The molecule has 0 amide bonds. The van der Waals surface area contributed by atoms with E-state index in [-0.39, 0.29) is 5.78 Å². The van der Waals surface area contributed by atoms with E-state index in [4.69, 9.17) is 11.6 Å². The van der Waals surface area contributed by atoms with Gasteiger partial charge in [-0.05, 0) is 18.7 Å². The van der Waals surface area contributed by atoms with E-state index in [9.17, 15) is 4.79 Å². The number of Topliss-reactive ketones (excluding diaryl/α,β-unsaturated/α-hetero) is 1. The highest BCUT2D eigenvalue weighted by Gasteiger charge is 2.08. The molecule has 0 atom stereocenters. The standard InChI is InChI=1S/C17H18ClNO/c1-19(13-15-9-5-6-10-16(15)18)12-11-17(20)14-7-3-2-4-8-14/h2-10H,11-13H2,1H3. The molecule has 104 valence electrons. The second kappa shape index (κ2) is 7.22. The third-order valence-electron chi connectivity index (χ3n) is 3.21. The maximum absolute atomic E-state index is 12.0. The normalized spacial score (nSPS) is 10.8. The second-order valence-electron chi connectivity index (χ2n) is 4.87. The third kappa shape index (κ3) is 4.19. The van der Waals surface area contributed by atoms with Gasteiger partial charge < -0.3 is 4.90 Å². The van der Waals surface area contributed by atoms with Gasteiger partial charge in [0, 0.05) is 30.1 Å². The Balaban J connectivity index is 1.85. The molecule has 0 aliphatic carbocycles. The monoisotopic (exact) mass is 287 g/mol. The Hall–Kier alpha value is -1.64. The van der Waals surface area contributed by atoms with Crippen LogP contribution in [-0.4, -0.2) is 24.3 Å². The lowest BCUT2D eigenvalue weighted by Crippen LogP contribution is -2.21. The van der Waals surface area contributed by atoms with Crippen LogP contribution in [0, 0.1) is 0 Å². The highest BCUT2D eigenvalue weighted by atomic mass is 35.5. The van der Waals surface area contributed by atoms with E-state index in [1.165, 1.54) is 0 Å². The van der Waals surface area contributed by atoms with Crippen LogP contribution in [0.15, 0.2) is 54.6 Å². The number of hydrogen-bond acceptors (Lipinski definition) is 2. The van der Waals surface area contributed by atoms with E-state index in [0.717, 1.165) is 29.2 Å². The summed E-state index contributed by atoms with van der Waals surface area (Å²) in [6.07, 6.45) is 0.519. The van der Waals surface area contributed by atoms with Crippen molar-refractivity contribution >= 4 is 17.4 Å². The molecule has 0 radical (unpaired) electrons. The molecule has 0 fully saturated rings. The molecule has 2 nitrogen and oxygen atoms in total. The first-order valence-electron chi connectivity index (χ1n) is 6.67. The van der Waals surface area contributed by atoms with Gasteiger partial charge in [0.2, 0.25) is 0 Å². The van der Waals surface area contributed by atoms with Gasteiger partial charge in [-0.3, -0.25) is 4.79 Å². The van der Waals surface area contributed by atoms with Crippen molar-refractivity contribution in [2.24, 2.45) is 0 Å². The van der Waals surface area contributed by atoms with E-state index >= 15 is 0 Å². The molecule has 0 unspecified atom stereocenters. The zero-order valence-electron chi connectivity index (χ0n) is 11.6. The largest absolute Gasteiger partial charge is 0.302 e. The van der Waals surface area contributed by atoms with Crippen molar-refractivity contribution in [2.75, 3.05) is 13.6 Å². The fourth-order valence-electron chi connectivity index (χ4n) is 2.06. The van der Waals surface area contributed by atoms with Crippen molar-refractivity contribution in [2.45, 2.75) is 13.0 Å². The summed E-state index contributed by atoms with van der Waals surface area (Å²) in [6, 6.07) is 17.2. The Bertz CT molecular complexity index is 568. The summed E-state index contributed by atoms with van der Waals surface area (Å²) in [5, 5.41) is 0.772. The van der Waals surface area contributed by atoms with Crippen LogP contribution in [0.25, 0.3) is 0 Å². The Morgan fingerprint density at radius 3 is 2.40 bits per heavy atom. The summed E-state index contributed by atoms with van der Waals surface area (Å²) in [5.74, 6) is 0.177. The molecular weight excluding hydrogens is 270 g/mol. The van der Waals surface area contributed by atoms with Gasteiger partial charge in [0.25, 0.3) is 0 Å². The van der Waals surface area contributed by atoms with Gasteiger partial charge in [0.1, 0.15) is 0 Å². The van der Waals surface area contributed by atoms with E-state index in [0.29, 0.717) is 6.42 Å². The van der Waals surface area contributed by atoms with Gasteiger partial charge in [-0.25, -0.2) is 0 Å². The van der Waals surface area contributed by atoms with Crippen LogP contribution >= 0.6 is 11.6 Å². The molecule has 0 aromatic heterocycles. The Labute approximate surface area is 125 Å². The number of carbonyl (C=O) groups is 1. The zero-order chi connectivity index (χ0) is 14.4. The molecule has 0 saturated heterocycles. The Morgan fingerprint density at radius 1 is 1.05 bits per heavy atom. The Morgan fingerprint density at radius 2 is 1.70 bits per heavy atom. The van der Waals surface area contributed by atoms with E-state index in [2.05, 4.69) is 4.90 Å². The molecule has 2 rings (SSSR count). The molecule has 2 aromatic carbocycles. The smallest absolute Gasteiger partial charge is 0.164 e. The van der Waals surface area contributed by atoms with Gasteiger partial charge in [-0.1, -0.05) is 60.1 Å². The molecule has 0 aliphatic heterocycles. The first kappa shape index (κ1) is 14.8. The van der Waals surface area contributed by atoms with Crippen molar-refractivity contribution in [3.05, 3.63) is 70.7 Å². The molecule has 0 saturated carbocycles. The Kier molecular flexibility index (Phi) is 5.33. The predicted octanol–water partition coefficient (Wildman–Crippen LogP) is 4.04. The molecule has 0 bridgehead atoms. The molecule has 20 heavy (non-hydrogen) atoms. The number of ketones is 1. The van der Waals surface area contributed by atoms with E-state index < -0.39 is 0 Å². The molecule has 3 heteroatoms. The van der Waals surface area contributed by atoms with Crippen LogP contribution in [0.1, 0.15) is 22.3 Å². The maximum Gasteiger partial charge on any atom is 0.164 e. The lowest BCUT2D eigenvalue weighted by molar-refractivity contribution is 0.0968. The third-order valence-corrected chi connectivity index (χ3v) is 3.58. The minimum absolute atomic E-state index is 0.177. The summed E-state index contributed by atoms with van der Waals surface area (Å²) in [7, 11) is 2.00. The SMILES string of the molecule is CN(CCC(=O)c1ccccc1)Cc1ccccc1Cl. The van der Waals surface area contributed by atoms with E-state index in [1.807, 2.05) is 61.6 Å². The van der Waals surface area contributed by atoms with Crippen LogP contribution in [0.5, 0.6) is 0 Å². The molecule has 0 heterocycles. The number of carbonyl (C=O) groups excluding carboxylic acids is 1. The molecule has 0 aliphatic rings. The average Bonchev–Trinajstić information content (AvgIpc) is 2.48. The summed E-state index contributed by atoms with van der Waals surface area (Å²) < 4.78 is 0. The summed E-state index contributed by atoms with van der Waals surface area (Å²) in [4.78, 5) is 14.1. The van der Waals surface area contributed by atoms with Crippen molar-refractivity contribution in [1.29, 1.82) is 0 Å². The second-order valence-corrected chi connectivity index (χ2v) is 5.28. The van der Waals surface area contributed by atoms with Crippen molar-refractivity contribution in [3.63, 3.8) is 0 Å². The summed E-state index contributed by atoms with van der Waals surface area (Å²) >= 11 is 6.13. The first-order valence-corrected chi connectivity index (χ1v) is 7.05. The van der Waals surface area contributed by atoms with Gasteiger partial charge in [-0.15, -0.1) is 0 Å². The zero-order valence-corrected chi connectivity index (χ0v) is 12.3. The lowest BCUT2D eigenvalue weighted by atomic mass is 10.1. The van der Waals surface area contributed by atoms with Crippen LogP contribution in [0.2, 0.25) is 5.02 Å². The topological polar surface area (TPSA) is 20.3 Å². The number of hydrogen-bond donors (Lipinski definition) is 0. The molecular formula is C17H18ClNO. The van der Waals surface area contributed by atoms with Crippen LogP contribution in [0.3, 0.4) is 0 Å². The average molecular weight is 288 g/mol. The number of rotatable bonds is 6. The quantitative estimate of drug-likeness (QED) is 0.747. The van der Waals surface area contributed by atoms with Crippen molar-refractivity contribution in [1.82, 2.24) is 4.90 Å². The highest BCUT2D eigenvalue weighted by molar-refractivity contribution is 6.31. The van der Waals surface area contributed by atoms with Gasteiger partial charge in [-0.2, -0.15) is 0 Å². The molecule has 2 aromatic rings. The van der Waals surface area contributed by atoms with Gasteiger partial charge in [0.05, 0.1) is 0 Å². The number of halogens is 1. The molecule has 0 spiro atoms. The van der Waals surface area contributed by atoms with Gasteiger partial charge >= 0.3 is 0 Å². The number of nitrogens with zero attached hydrogens (tertiary/aromatic N) is 1. The van der Waals surface area contributed by atoms with Gasteiger partial charge in [0.15, 0.2) is 5.78 Å². The van der Waals surface area contributed by atoms with Crippen LogP contribution < -0.4 is 0 Å². The maximum atomic E-state index is 12.0. The summed E-state index contributed by atoms with van der Waals surface area (Å²) in [5.41, 5.74) is 1.86. The fourth-order valence-corrected chi connectivity index (χ4v) is 2.25. The summed E-state index contributed by atoms with van der Waals surface area (Å²) in [6.45, 7) is 1.47. The first-order chi connectivity index (χ1) is 9.66. The molecule has 0 N–H and O–H groups in total. The minimum atomic E-state index is 0.177. The fraction of sp³-hybridized carbons (Fsp3) is 0.235. The lowest BCUT2D eigenvalue weighted by Gasteiger charge is -2.17. The predicted molar refractivity (Wildman–Crippen MR) is 83.2 cm³/mol. The van der Waals surface area contributed by atoms with Crippen LogP contribution in [-0.2, 0) is 6.54 Å². The van der Waals surface area contributed by atoms with Crippen molar-refractivity contribution < 1.29 is 4.79 Å². The van der Waals surface area contributed by atoms with E-state index in [1.54, 1.807) is 0 Å². The highest BCUT2D eigenvalue weighted by Crippen LogP contribution is 2.16. The van der Waals surface area contributed by atoms with Crippen molar-refractivity contribution in [3.8, 4) is 0 Å². The van der Waals surface area contributed by atoms with Crippen LogP contribution in [0.4, 0.5) is 0 Å².